The number of amidine groups is 1. The monoisotopic (exact) mass is 401 g/mol. The number of nitrogens with one attached hydrogen (secondary N) is 1. The van der Waals surface area contributed by atoms with Gasteiger partial charge in [0.15, 0.2) is 5.17 Å². The number of benzene rings is 2. The molecule has 3 rings (SSSR count). The smallest absolute Gasteiger partial charge is 0.224 e. The number of rotatable bonds is 7. The van der Waals surface area contributed by atoms with E-state index in [9.17, 15) is 9.18 Å². The van der Waals surface area contributed by atoms with Gasteiger partial charge in [-0.25, -0.2) is 4.39 Å². The van der Waals surface area contributed by atoms with E-state index in [4.69, 9.17) is 10.5 Å². The second kappa shape index (κ2) is 9.10. The van der Waals surface area contributed by atoms with Crippen molar-refractivity contribution in [2.45, 2.75) is 31.7 Å². The van der Waals surface area contributed by atoms with Crippen molar-refractivity contribution in [3.8, 4) is 5.75 Å². The molecule has 0 bridgehead atoms. The molecule has 1 aliphatic rings. The van der Waals surface area contributed by atoms with Gasteiger partial charge in [-0.05, 0) is 49.6 Å². The van der Waals surface area contributed by atoms with Crippen LogP contribution in [0.2, 0.25) is 0 Å². The fourth-order valence-electron chi connectivity index (χ4n) is 3.00. The topological polar surface area (TPSA) is 76.7 Å². The molecule has 1 aliphatic heterocycles. The number of anilines is 1. The van der Waals surface area contributed by atoms with E-state index in [0.717, 1.165) is 23.5 Å². The lowest BCUT2D eigenvalue weighted by atomic mass is 9.89. The Balaban J connectivity index is 1.57. The van der Waals surface area contributed by atoms with Crippen LogP contribution in [0.5, 0.6) is 5.75 Å². The van der Waals surface area contributed by atoms with Gasteiger partial charge in [-0.2, -0.15) is 0 Å². The first-order chi connectivity index (χ1) is 13.5. The zero-order chi connectivity index (χ0) is 20.0. The number of carbonyl (C=O) groups is 1. The number of hydrogen-bond acceptors (Lipinski definition) is 5. The van der Waals surface area contributed by atoms with E-state index in [1.165, 1.54) is 17.8 Å². The minimum atomic E-state index is -0.508. The van der Waals surface area contributed by atoms with E-state index >= 15 is 0 Å². The van der Waals surface area contributed by atoms with Crippen molar-refractivity contribution in [3.05, 3.63) is 59.9 Å². The zero-order valence-corrected chi connectivity index (χ0v) is 16.6. The summed E-state index contributed by atoms with van der Waals surface area (Å²) >= 11 is 1.51. The highest BCUT2D eigenvalue weighted by molar-refractivity contribution is 8.13. The second-order valence-electron chi connectivity index (χ2n) is 6.83. The fourth-order valence-corrected chi connectivity index (χ4v) is 3.98. The Morgan fingerprint density at radius 3 is 2.86 bits per heavy atom. The summed E-state index contributed by atoms with van der Waals surface area (Å²) < 4.78 is 19.8. The molecule has 0 aromatic heterocycles. The summed E-state index contributed by atoms with van der Waals surface area (Å²) in [6, 6.07) is 14.1. The van der Waals surface area contributed by atoms with Crippen molar-refractivity contribution in [1.82, 2.24) is 0 Å². The van der Waals surface area contributed by atoms with Crippen molar-refractivity contribution >= 4 is 28.5 Å². The quantitative estimate of drug-likeness (QED) is 0.679. The first kappa shape index (κ1) is 20.2. The molecule has 1 amide bonds. The molecule has 148 valence electrons. The second-order valence-corrected chi connectivity index (χ2v) is 7.95. The largest absolute Gasteiger partial charge is 0.494 e. The molecule has 0 saturated carbocycles. The highest BCUT2D eigenvalue weighted by Crippen LogP contribution is 2.36. The number of nitrogens with zero attached hydrogens (tertiary/aromatic N) is 1. The molecule has 0 aliphatic carbocycles. The van der Waals surface area contributed by atoms with Gasteiger partial charge in [0.25, 0.3) is 0 Å². The number of aliphatic imine (C=N–C) groups is 1. The summed E-state index contributed by atoms with van der Waals surface area (Å²) in [4.78, 5) is 16.7. The lowest BCUT2D eigenvalue weighted by Gasteiger charge is -2.30. The molecule has 1 unspecified atom stereocenters. The van der Waals surface area contributed by atoms with Crippen LogP contribution in [0.15, 0.2) is 53.5 Å². The van der Waals surface area contributed by atoms with Crippen molar-refractivity contribution in [3.63, 3.8) is 0 Å². The molecule has 0 radical (unpaired) electrons. The standard InChI is InChI=1S/C21H24FN3O2S/c1-21(11-13-28-20(23)25-21)15-9-10-17(22)18(14-15)24-19(26)8-5-12-27-16-6-3-2-4-7-16/h2-4,6-7,9-10,14H,5,8,11-13H2,1H3,(H2,23,25)(H,24,26). The molecule has 3 N–H and O–H groups in total. The third kappa shape index (κ3) is 5.25. The van der Waals surface area contributed by atoms with Gasteiger partial charge in [0.2, 0.25) is 5.91 Å². The van der Waals surface area contributed by atoms with Crippen LogP contribution in [0.1, 0.15) is 31.7 Å². The normalized spacial score (nSPS) is 19.0. The predicted molar refractivity (Wildman–Crippen MR) is 112 cm³/mol. The van der Waals surface area contributed by atoms with E-state index in [2.05, 4.69) is 10.3 Å². The highest BCUT2D eigenvalue weighted by atomic mass is 32.2. The maximum atomic E-state index is 14.2. The van der Waals surface area contributed by atoms with E-state index in [1.54, 1.807) is 12.1 Å². The summed E-state index contributed by atoms with van der Waals surface area (Å²) in [6.45, 7) is 2.39. The fraction of sp³-hybridized carbons (Fsp3) is 0.333. The van der Waals surface area contributed by atoms with Crippen LogP contribution in [0.25, 0.3) is 0 Å². The van der Waals surface area contributed by atoms with E-state index in [1.807, 2.05) is 37.3 Å². The summed E-state index contributed by atoms with van der Waals surface area (Å²) in [6.07, 6.45) is 1.58. The van der Waals surface area contributed by atoms with Gasteiger partial charge >= 0.3 is 0 Å². The van der Waals surface area contributed by atoms with Crippen molar-refractivity contribution in [1.29, 1.82) is 0 Å². The number of carbonyl (C=O) groups excluding carboxylic acids is 1. The van der Waals surface area contributed by atoms with Gasteiger partial charge in [-0.1, -0.05) is 36.0 Å². The zero-order valence-electron chi connectivity index (χ0n) is 15.8. The van der Waals surface area contributed by atoms with Crippen LogP contribution in [-0.2, 0) is 10.3 Å². The van der Waals surface area contributed by atoms with Crippen LogP contribution in [0.3, 0.4) is 0 Å². The Hall–Kier alpha value is -2.54. The van der Waals surface area contributed by atoms with Crippen LogP contribution >= 0.6 is 11.8 Å². The Labute approximate surface area is 168 Å². The average molecular weight is 402 g/mol. The Morgan fingerprint density at radius 2 is 2.11 bits per heavy atom. The Bertz CT molecular complexity index is 860. The summed E-state index contributed by atoms with van der Waals surface area (Å²) in [7, 11) is 0. The molecule has 0 spiro atoms. The van der Waals surface area contributed by atoms with Gasteiger partial charge in [-0.15, -0.1) is 0 Å². The number of para-hydroxylation sites is 1. The molecule has 2 aromatic rings. The molecular formula is C21H24FN3O2S. The number of amides is 1. The Morgan fingerprint density at radius 1 is 1.32 bits per heavy atom. The van der Waals surface area contributed by atoms with Gasteiger partial charge in [0.05, 0.1) is 17.8 Å². The predicted octanol–water partition coefficient (Wildman–Crippen LogP) is 4.29. The molecule has 2 aromatic carbocycles. The van der Waals surface area contributed by atoms with Crippen LogP contribution in [-0.4, -0.2) is 23.4 Å². The minimum Gasteiger partial charge on any atom is -0.494 e. The number of thioether (sulfide) groups is 1. The molecule has 28 heavy (non-hydrogen) atoms. The van der Waals surface area contributed by atoms with Gasteiger partial charge in [0.1, 0.15) is 11.6 Å². The van der Waals surface area contributed by atoms with Crippen LogP contribution < -0.4 is 15.8 Å². The third-order valence-electron chi connectivity index (χ3n) is 4.62. The van der Waals surface area contributed by atoms with Crippen LogP contribution in [0, 0.1) is 5.82 Å². The average Bonchev–Trinajstić information content (AvgIpc) is 2.67. The van der Waals surface area contributed by atoms with Crippen molar-refractivity contribution in [2.75, 3.05) is 17.7 Å². The van der Waals surface area contributed by atoms with Gasteiger partial charge < -0.3 is 15.8 Å². The van der Waals surface area contributed by atoms with E-state index in [-0.39, 0.29) is 18.0 Å². The SMILES string of the molecule is CC1(c2ccc(F)c(NC(=O)CCCOc3ccccc3)c2)CCSC(N)=N1. The molecule has 1 atom stereocenters. The van der Waals surface area contributed by atoms with Gasteiger partial charge in [-0.3, -0.25) is 9.79 Å². The number of hydrogen-bond donors (Lipinski definition) is 2. The summed E-state index contributed by atoms with van der Waals surface area (Å²) in [5.74, 6) is 0.899. The minimum absolute atomic E-state index is 0.166. The molecule has 5 nitrogen and oxygen atoms in total. The maximum Gasteiger partial charge on any atom is 0.224 e. The number of nitrogens with two attached hydrogens (primary N) is 1. The number of halogens is 1. The van der Waals surface area contributed by atoms with Gasteiger partial charge in [0, 0.05) is 12.2 Å². The summed E-state index contributed by atoms with van der Waals surface area (Å²) in [5.41, 5.74) is 6.36. The first-order valence-electron chi connectivity index (χ1n) is 9.22. The lowest BCUT2D eigenvalue weighted by molar-refractivity contribution is -0.116. The molecule has 0 fully saturated rings. The first-order valence-corrected chi connectivity index (χ1v) is 10.2. The third-order valence-corrected chi connectivity index (χ3v) is 5.41. The van der Waals surface area contributed by atoms with E-state index < -0.39 is 11.4 Å². The highest BCUT2D eigenvalue weighted by Gasteiger charge is 2.30. The van der Waals surface area contributed by atoms with E-state index in [0.29, 0.717) is 18.2 Å². The maximum absolute atomic E-state index is 14.2. The summed E-state index contributed by atoms with van der Waals surface area (Å²) in [5, 5.41) is 3.19. The molecule has 0 saturated heterocycles. The molecular weight excluding hydrogens is 377 g/mol. The van der Waals surface area contributed by atoms with Crippen molar-refractivity contribution < 1.29 is 13.9 Å². The molecule has 1 heterocycles. The number of ether oxygens (including phenoxy) is 1. The molecule has 7 heteroatoms. The lowest BCUT2D eigenvalue weighted by Crippen LogP contribution is -2.29. The van der Waals surface area contributed by atoms with Crippen molar-refractivity contribution in [2.24, 2.45) is 10.7 Å². The van der Waals surface area contributed by atoms with Crippen LogP contribution in [0.4, 0.5) is 10.1 Å². The Kier molecular flexibility index (Phi) is 6.57.